The molecule has 2 aromatic carbocycles. The van der Waals surface area contributed by atoms with Crippen molar-refractivity contribution in [3.8, 4) is 17.1 Å². The molecule has 1 heterocycles. The number of furan rings is 1. The van der Waals surface area contributed by atoms with Gasteiger partial charge >= 0.3 is 11.9 Å². The molecule has 3 aromatic rings. The third-order valence-corrected chi connectivity index (χ3v) is 7.33. The third-order valence-electron chi connectivity index (χ3n) is 7.33. The van der Waals surface area contributed by atoms with Crippen LogP contribution in [0, 0.1) is 5.92 Å². The van der Waals surface area contributed by atoms with Gasteiger partial charge < -0.3 is 18.6 Å². The van der Waals surface area contributed by atoms with Gasteiger partial charge in [-0.05, 0) is 49.1 Å². The summed E-state index contributed by atoms with van der Waals surface area (Å²) in [6, 6.07) is 15.2. The topological polar surface area (TPSA) is 75.0 Å². The Morgan fingerprint density at radius 2 is 1.49 bits per heavy atom. The van der Waals surface area contributed by atoms with E-state index in [1.54, 1.807) is 12.1 Å². The zero-order chi connectivity index (χ0) is 29.3. The fraction of sp³-hybridized carbons (Fsp3) is 0.486. The van der Waals surface area contributed by atoms with Crippen LogP contribution in [-0.2, 0) is 14.3 Å². The fourth-order valence-corrected chi connectivity index (χ4v) is 4.52. The second-order valence-electron chi connectivity index (χ2n) is 10.7. The highest BCUT2D eigenvalue weighted by Crippen LogP contribution is 2.33. The van der Waals surface area contributed by atoms with Gasteiger partial charge in [0, 0.05) is 11.6 Å². The van der Waals surface area contributed by atoms with E-state index in [2.05, 4.69) is 20.4 Å². The van der Waals surface area contributed by atoms with Crippen LogP contribution in [-0.4, -0.2) is 31.8 Å². The van der Waals surface area contributed by atoms with Gasteiger partial charge in [0.1, 0.15) is 17.1 Å². The molecule has 0 saturated carbocycles. The maximum absolute atomic E-state index is 12.3. The lowest BCUT2D eigenvalue weighted by atomic mass is 10.1. The Hall–Kier alpha value is -3.54. The monoisotopic (exact) mass is 562 g/mol. The van der Waals surface area contributed by atoms with Crippen LogP contribution in [0.5, 0.6) is 5.75 Å². The first-order valence-corrected chi connectivity index (χ1v) is 15.2. The third kappa shape index (κ3) is 11.1. The molecule has 6 nitrogen and oxygen atoms in total. The van der Waals surface area contributed by atoms with Crippen molar-refractivity contribution in [1.29, 1.82) is 0 Å². The molecule has 0 fully saturated rings. The van der Waals surface area contributed by atoms with Gasteiger partial charge in [0.25, 0.3) is 0 Å². The highest BCUT2D eigenvalue weighted by Gasteiger charge is 2.13. The van der Waals surface area contributed by atoms with Crippen molar-refractivity contribution in [2.45, 2.75) is 84.5 Å². The maximum Gasteiger partial charge on any atom is 0.338 e. The molecule has 1 unspecified atom stereocenters. The summed E-state index contributed by atoms with van der Waals surface area (Å²) in [5.74, 6) is 1.30. The Balaban J connectivity index is 1.33. The first-order valence-electron chi connectivity index (χ1n) is 15.2. The predicted octanol–water partition coefficient (Wildman–Crippen LogP) is 9.31. The number of benzene rings is 2. The summed E-state index contributed by atoms with van der Waals surface area (Å²) in [4.78, 5) is 23.3. The van der Waals surface area contributed by atoms with E-state index in [0.717, 1.165) is 60.1 Å². The largest absolute Gasteiger partial charge is 0.493 e. The summed E-state index contributed by atoms with van der Waals surface area (Å²) in [6.45, 7) is 9.16. The first kappa shape index (κ1) is 32.0. The number of ether oxygens (including phenoxy) is 3. The molecule has 41 heavy (non-hydrogen) atoms. The van der Waals surface area contributed by atoms with Gasteiger partial charge in [-0.2, -0.15) is 0 Å². The highest BCUT2D eigenvalue weighted by atomic mass is 16.5. The summed E-state index contributed by atoms with van der Waals surface area (Å²) in [5, 5.41) is 0.957. The Morgan fingerprint density at radius 1 is 0.854 bits per heavy atom. The molecule has 0 radical (unpaired) electrons. The fourth-order valence-electron chi connectivity index (χ4n) is 4.52. The molecule has 0 aliphatic heterocycles. The smallest absolute Gasteiger partial charge is 0.338 e. The molecule has 1 aromatic heterocycles. The van der Waals surface area contributed by atoms with Crippen molar-refractivity contribution in [2.24, 2.45) is 5.92 Å². The highest BCUT2D eigenvalue weighted by molar-refractivity contribution is 5.91. The van der Waals surface area contributed by atoms with Crippen molar-refractivity contribution in [2.75, 3.05) is 19.8 Å². The van der Waals surface area contributed by atoms with E-state index < -0.39 is 0 Å². The molecule has 0 aliphatic rings. The van der Waals surface area contributed by atoms with Gasteiger partial charge in [-0.15, -0.1) is 0 Å². The quantitative estimate of drug-likeness (QED) is 0.0776. The van der Waals surface area contributed by atoms with E-state index in [0.29, 0.717) is 31.3 Å². The van der Waals surface area contributed by atoms with Gasteiger partial charge in [-0.1, -0.05) is 96.4 Å². The molecule has 6 heteroatoms. The number of hydrogen-bond donors (Lipinski definition) is 0. The van der Waals surface area contributed by atoms with Crippen LogP contribution in [0.4, 0.5) is 0 Å². The number of rotatable bonds is 20. The Morgan fingerprint density at radius 3 is 2.12 bits per heavy atom. The van der Waals surface area contributed by atoms with Gasteiger partial charge in [-0.25, -0.2) is 9.59 Å². The lowest BCUT2D eigenvalue weighted by molar-refractivity contribution is -0.137. The van der Waals surface area contributed by atoms with E-state index in [-0.39, 0.29) is 11.9 Å². The van der Waals surface area contributed by atoms with Crippen LogP contribution in [0.1, 0.15) is 94.8 Å². The minimum absolute atomic E-state index is 0.297. The molecule has 222 valence electrons. The maximum atomic E-state index is 12.3. The molecular formula is C35H46O6. The summed E-state index contributed by atoms with van der Waals surface area (Å²) >= 11 is 0. The van der Waals surface area contributed by atoms with Gasteiger partial charge in [0.15, 0.2) is 0 Å². The van der Waals surface area contributed by atoms with Crippen LogP contribution in [0.3, 0.4) is 0 Å². The number of carbonyl (C=O) groups is 2. The summed E-state index contributed by atoms with van der Waals surface area (Å²) in [6.07, 6.45) is 13.9. The zero-order valence-electron chi connectivity index (χ0n) is 24.8. The Kier molecular flexibility index (Phi) is 14.0. The molecular weight excluding hydrogens is 516 g/mol. The number of esters is 2. The molecule has 1 atom stereocenters. The van der Waals surface area contributed by atoms with Gasteiger partial charge in [-0.3, -0.25) is 0 Å². The van der Waals surface area contributed by atoms with Gasteiger partial charge in [0.2, 0.25) is 0 Å². The lowest BCUT2D eigenvalue weighted by Gasteiger charge is -2.09. The average molecular weight is 563 g/mol. The molecule has 0 N–H and O–H groups in total. The van der Waals surface area contributed by atoms with Crippen LogP contribution in [0.2, 0.25) is 0 Å². The molecule has 0 bridgehead atoms. The number of fused-ring (bicyclic) bond motifs is 1. The van der Waals surface area contributed by atoms with Crippen molar-refractivity contribution in [3.05, 3.63) is 66.7 Å². The van der Waals surface area contributed by atoms with Crippen molar-refractivity contribution < 1.29 is 28.2 Å². The molecule has 0 spiro atoms. The van der Waals surface area contributed by atoms with Crippen LogP contribution >= 0.6 is 0 Å². The summed E-state index contributed by atoms with van der Waals surface area (Å²) < 4.78 is 22.6. The standard InChI is InChI=1S/C35H46O6/c1-4-27(3)26-40-35(37)29-21-19-28(20-22-29)33-25-30-31(17-16-18-32(30)41-33)38-23-14-12-10-8-6-7-9-11-13-15-24-39-34(36)5-2/h5,16-22,25,27H,2,4,6-15,23-24,26H2,1,3H3. The van der Waals surface area contributed by atoms with E-state index >= 15 is 0 Å². The average Bonchev–Trinajstić information content (AvgIpc) is 3.45. The van der Waals surface area contributed by atoms with Crippen LogP contribution < -0.4 is 4.74 Å². The van der Waals surface area contributed by atoms with Crippen molar-refractivity contribution in [1.82, 2.24) is 0 Å². The number of unbranched alkanes of at least 4 members (excludes halogenated alkanes) is 9. The zero-order valence-corrected chi connectivity index (χ0v) is 24.8. The molecule has 3 rings (SSSR count). The van der Waals surface area contributed by atoms with Crippen molar-refractivity contribution in [3.63, 3.8) is 0 Å². The molecule has 0 aliphatic carbocycles. The van der Waals surface area contributed by atoms with E-state index in [1.807, 2.05) is 36.4 Å². The minimum atomic E-state index is -0.334. The lowest BCUT2D eigenvalue weighted by Crippen LogP contribution is -2.11. The van der Waals surface area contributed by atoms with Crippen molar-refractivity contribution >= 4 is 22.9 Å². The summed E-state index contributed by atoms with van der Waals surface area (Å²) in [5.41, 5.74) is 2.23. The van der Waals surface area contributed by atoms with Crippen LogP contribution in [0.25, 0.3) is 22.3 Å². The molecule has 0 saturated heterocycles. The Labute approximate surface area is 245 Å². The first-order chi connectivity index (χ1) is 20.0. The van der Waals surface area contributed by atoms with E-state index in [4.69, 9.17) is 18.6 Å². The number of hydrogen-bond acceptors (Lipinski definition) is 6. The van der Waals surface area contributed by atoms with Crippen LogP contribution in [0.15, 0.2) is 65.6 Å². The van der Waals surface area contributed by atoms with Gasteiger partial charge in [0.05, 0.1) is 30.8 Å². The normalized spacial score (nSPS) is 11.8. The second-order valence-corrected chi connectivity index (χ2v) is 10.7. The summed E-state index contributed by atoms with van der Waals surface area (Å²) in [7, 11) is 0. The minimum Gasteiger partial charge on any atom is -0.493 e. The second kappa shape index (κ2) is 18.0. The number of carbonyl (C=O) groups excluding carboxylic acids is 2. The Bertz CT molecular complexity index is 1210. The predicted molar refractivity (Wildman–Crippen MR) is 164 cm³/mol. The van der Waals surface area contributed by atoms with E-state index in [9.17, 15) is 9.59 Å². The van der Waals surface area contributed by atoms with E-state index in [1.165, 1.54) is 44.6 Å². The SMILES string of the molecule is C=CC(=O)OCCCCCCCCCCCCOc1cccc2oc(-c3ccc(C(=O)OCC(C)CC)cc3)cc12. The molecule has 0 amide bonds.